The van der Waals surface area contributed by atoms with Crippen LogP contribution in [0.4, 0.5) is 0 Å². The lowest BCUT2D eigenvalue weighted by atomic mass is 9.98. The summed E-state index contributed by atoms with van der Waals surface area (Å²) in [6.45, 7) is 1.49. The highest BCUT2D eigenvalue weighted by Gasteiger charge is 2.07. The minimum atomic E-state index is 0.553. The predicted molar refractivity (Wildman–Crippen MR) is 155 cm³/mol. The number of nitrogens with zero attached hydrogens (tertiary/aromatic N) is 2. The van der Waals surface area contributed by atoms with Crippen LogP contribution < -0.4 is 10.7 Å². The SMILES string of the molecule is N=c1ccn(Cc2ccc3ccc4ccc(Cn5ccc(=N)c6ccccc65)cc4c3c2)c2ccccc12. The van der Waals surface area contributed by atoms with E-state index in [1.165, 1.54) is 32.7 Å². The standard InChI is InChI=1S/C34H26N4/c35-31-15-17-37(33-7-3-1-5-27(31)33)21-23-9-11-25-13-14-26-12-10-24(20-30(26)29(25)19-23)22-38-18-16-32(36)28-6-2-4-8-34(28)38/h1-20,35-36H,21-22H2. The van der Waals surface area contributed by atoms with Crippen LogP contribution in [-0.2, 0) is 13.1 Å². The van der Waals surface area contributed by atoms with Crippen LogP contribution in [0.1, 0.15) is 11.1 Å². The van der Waals surface area contributed by atoms with Crippen LogP contribution in [0.3, 0.4) is 0 Å². The van der Waals surface area contributed by atoms with Crippen molar-refractivity contribution in [1.29, 1.82) is 10.8 Å². The molecule has 7 rings (SSSR count). The second-order valence-electron chi connectivity index (χ2n) is 9.93. The average molecular weight is 491 g/mol. The number of para-hydroxylation sites is 2. The van der Waals surface area contributed by atoms with Crippen molar-refractivity contribution >= 4 is 43.4 Å². The van der Waals surface area contributed by atoms with Crippen LogP contribution in [0.25, 0.3) is 43.4 Å². The molecule has 0 saturated carbocycles. The van der Waals surface area contributed by atoms with Gasteiger partial charge in [-0.15, -0.1) is 0 Å². The van der Waals surface area contributed by atoms with Crippen molar-refractivity contribution in [3.8, 4) is 0 Å². The molecule has 0 atom stereocenters. The van der Waals surface area contributed by atoms with Gasteiger partial charge in [0.2, 0.25) is 0 Å². The molecular formula is C34H26N4. The van der Waals surface area contributed by atoms with E-state index in [2.05, 4.69) is 69.8 Å². The fraction of sp³-hybridized carbons (Fsp3) is 0.0588. The summed E-state index contributed by atoms with van der Waals surface area (Å²) in [7, 11) is 0. The number of benzene rings is 5. The van der Waals surface area contributed by atoms with Crippen molar-refractivity contribution < 1.29 is 0 Å². The van der Waals surface area contributed by atoms with Crippen molar-refractivity contribution in [2.45, 2.75) is 13.1 Å². The molecule has 4 nitrogen and oxygen atoms in total. The number of hydrogen-bond acceptors (Lipinski definition) is 2. The van der Waals surface area contributed by atoms with Gasteiger partial charge in [0.25, 0.3) is 0 Å². The third-order valence-corrected chi connectivity index (χ3v) is 7.52. The molecule has 0 aliphatic rings. The lowest BCUT2D eigenvalue weighted by molar-refractivity contribution is 0.824. The molecule has 7 aromatic rings. The molecule has 0 aliphatic heterocycles. The molecule has 5 aromatic carbocycles. The number of fused-ring (bicyclic) bond motifs is 5. The molecule has 0 amide bonds. The maximum atomic E-state index is 8.27. The predicted octanol–water partition coefficient (Wildman–Crippen LogP) is 6.96. The monoisotopic (exact) mass is 490 g/mol. The first-order valence-electron chi connectivity index (χ1n) is 12.8. The van der Waals surface area contributed by atoms with E-state index in [1.54, 1.807) is 0 Å². The van der Waals surface area contributed by atoms with E-state index in [-0.39, 0.29) is 0 Å². The highest BCUT2D eigenvalue weighted by Crippen LogP contribution is 2.28. The Hall–Kier alpha value is -4.96. The van der Waals surface area contributed by atoms with E-state index < -0.39 is 0 Å². The van der Waals surface area contributed by atoms with Gasteiger partial charge in [-0.1, -0.05) is 72.8 Å². The lowest BCUT2D eigenvalue weighted by Crippen LogP contribution is -2.09. The van der Waals surface area contributed by atoms with Gasteiger partial charge in [-0.05, 0) is 69.1 Å². The minimum Gasteiger partial charge on any atom is -0.343 e. The number of rotatable bonds is 4. The van der Waals surface area contributed by atoms with E-state index in [4.69, 9.17) is 10.8 Å². The number of pyridine rings is 2. The molecular weight excluding hydrogens is 464 g/mol. The van der Waals surface area contributed by atoms with Gasteiger partial charge < -0.3 is 20.0 Å². The topological polar surface area (TPSA) is 57.6 Å². The minimum absolute atomic E-state index is 0.553. The summed E-state index contributed by atoms with van der Waals surface area (Å²) < 4.78 is 4.45. The molecule has 0 unspecified atom stereocenters. The molecule has 38 heavy (non-hydrogen) atoms. The third kappa shape index (κ3) is 3.78. The fourth-order valence-electron chi connectivity index (χ4n) is 5.58. The first-order chi connectivity index (χ1) is 18.6. The van der Waals surface area contributed by atoms with Crippen LogP contribution in [0.15, 0.2) is 122 Å². The van der Waals surface area contributed by atoms with Gasteiger partial charge in [0.1, 0.15) is 0 Å². The summed E-state index contributed by atoms with van der Waals surface area (Å²) in [5.41, 5.74) is 4.61. The Morgan fingerprint density at radius 3 is 1.34 bits per heavy atom. The van der Waals surface area contributed by atoms with Gasteiger partial charge in [-0.2, -0.15) is 0 Å². The van der Waals surface area contributed by atoms with E-state index in [0.717, 1.165) is 34.9 Å². The van der Waals surface area contributed by atoms with E-state index in [9.17, 15) is 0 Å². The fourth-order valence-corrected chi connectivity index (χ4v) is 5.58. The molecule has 2 N–H and O–H groups in total. The highest BCUT2D eigenvalue weighted by molar-refractivity contribution is 6.07. The Morgan fingerprint density at radius 2 is 0.868 bits per heavy atom. The maximum Gasteiger partial charge on any atom is 0.0647 e. The molecule has 0 spiro atoms. The zero-order valence-electron chi connectivity index (χ0n) is 20.9. The van der Waals surface area contributed by atoms with Gasteiger partial charge in [0.15, 0.2) is 0 Å². The quantitative estimate of drug-likeness (QED) is 0.251. The third-order valence-electron chi connectivity index (χ3n) is 7.52. The maximum absolute atomic E-state index is 8.27. The second-order valence-corrected chi connectivity index (χ2v) is 9.93. The van der Waals surface area contributed by atoms with Gasteiger partial charge >= 0.3 is 0 Å². The van der Waals surface area contributed by atoms with Crippen molar-refractivity contribution in [3.05, 3.63) is 143 Å². The Kier molecular flexibility index (Phi) is 5.19. The van der Waals surface area contributed by atoms with Crippen molar-refractivity contribution in [3.63, 3.8) is 0 Å². The van der Waals surface area contributed by atoms with Gasteiger partial charge in [0.05, 0.1) is 21.7 Å². The molecule has 4 heteroatoms. The zero-order valence-corrected chi connectivity index (χ0v) is 20.9. The van der Waals surface area contributed by atoms with Crippen LogP contribution in [0, 0.1) is 10.8 Å². The summed E-state index contributed by atoms with van der Waals surface area (Å²) in [5, 5.41) is 24.5. The normalized spacial score (nSPS) is 11.6. The first kappa shape index (κ1) is 22.3. The van der Waals surface area contributed by atoms with Crippen LogP contribution in [0.2, 0.25) is 0 Å². The van der Waals surface area contributed by atoms with Crippen molar-refractivity contribution in [2.24, 2.45) is 0 Å². The van der Waals surface area contributed by atoms with Crippen molar-refractivity contribution in [1.82, 2.24) is 9.13 Å². The number of hydrogen-bond donors (Lipinski definition) is 2. The molecule has 0 fully saturated rings. The summed E-state index contributed by atoms with van der Waals surface area (Å²) in [4.78, 5) is 0. The molecule has 0 bridgehead atoms. The largest absolute Gasteiger partial charge is 0.343 e. The zero-order chi connectivity index (χ0) is 25.6. The average Bonchev–Trinajstić information content (AvgIpc) is 2.96. The van der Waals surface area contributed by atoms with E-state index in [1.807, 2.05) is 60.9 Å². The van der Waals surface area contributed by atoms with E-state index in [0.29, 0.717) is 10.7 Å². The number of aromatic nitrogens is 2. The first-order valence-corrected chi connectivity index (χ1v) is 12.8. The summed E-state index contributed by atoms with van der Waals surface area (Å²) >= 11 is 0. The smallest absolute Gasteiger partial charge is 0.0647 e. The molecule has 0 radical (unpaired) electrons. The molecule has 0 aliphatic carbocycles. The summed E-state index contributed by atoms with van der Waals surface area (Å²) in [5.74, 6) is 0. The van der Waals surface area contributed by atoms with Crippen LogP contribution in [0.5, 0.6) is 0 Å². The van der Waals surface area contributed by atoms with Gasteiger partial charge in [-0.25, -0.2) is 0 Å². The Morgan fingerprint density at radius 1 is 0.447 bits per heavy atom. The Labute approximate surface area is 219 Å². The van der Waals surface area contributed by atoms with Gasteiger partial charge in [-0.3, -0.25) is 0 Å². The highest BCUT2D eigenvalue weighted by atomic mass is 14.9. The molecule has 182 valence electrons. The van der Waals surface area contributed by atoms with E-state index >= 15 is 0 Å². The number of nitrogens with one attached hydrogen (secondary N) is 2. The summed E-state index contributed by atoms with van der Waals surface area (Å²) in [6.07, 6.45) is 4.03. The molecule has 2 aromatic heterocycles. The van der Waals surface area contributed by atoms with Gasteiger partial charge in [0, 0.05) is 36.3 Å². The Bertz CT molecular complexity index is 1980. The van der Waals surface area contributed by atoms with Crippen molar-refractivity contribution in [2.75, 3.05) is 0 Å². The van der Waals surface area contributed by atoms with Crippen LogP contribution >= 0.6 is 0 Å². The van der Waals surface area contributed by atoms with Crippen LogP contribution in [-0.4, -0.2) is 9.13 Å². The molecule has 0 saturated heterocycles. The lowest BCUT2D eigenvalue weighted by Gasteiger charge is -2.14. The second kappa shape index (κ2) is 8.86. The summed E-state index contributed by atoms with van der Waals surface area (Å²) in [6, 6.07) is 37.9. The molecule has 2 heterocycles. The Balaban J connectivity index is 1.32.